The Morgan fingerprint density at radius 1 is 1.53 bits per heavy atom. The van der Waals surface area contributed by atoms with Gasteiger partial charge in [-0.05, 0) is 23.4 Å². The molecule has 0 fully saturated rings. The normalized spacial score (nSPS) is 10.9. The van der Waals surface area contributed by atoms with Gasteiger partial charge in [-0.25, -0.2) is 4.79 Å². The lowest BCUT2D eigenvalue weighted by molar-refractivity contribution is -0.0328. The Morgan fingerprint density at radius 3 is 2.58 bits per heavy atom. The summed E-state index contributed by atoms with van der Waals surface area (Å²) in [4.78, 5) is 11.0. The number of thioether (sulfide) groups is 1. The van der Waals surface area contributed by atoms with Gasteiger partial charge in [0, 0.05) is 10.8 Å². The quantitative estimate of drug-likeness (QED) is 0.485. The molecule has 0 amide bonds. The maximum atomic E-state index is 12.5. The van der Waals surface area contributed by atoms with Crippen LogP contribution in [-0.2, 0) is 10.6 Å². The second-order valence-electron chi connectivity index (χ2n) is 3.26. The van der Waals surface area contributed by atoms with Gasteiger partial charge in [-0.1, -0.05) is 6.07 Å². The Balaban J connectivity index is 3.47. The smallest absolute Gasteiger partial charge is 0.446 e. The molecule has 8 heteroatoms. The highest BCUT2D eigenvalue weighted by atomic mass is 35.5. The number of halogens is 4. The summed E-state index contributed by atoms with van der Waals surface area (Å²) < 4.78 is 41.9. The highest BCUT2D eigenvalue weighted by molar-refractivity contribution is 8.00. The molecular formula is C11H7ClF3NO2S. The predicted molar refractivity (Wildman–Crippen MR) is 64.0 cm³/mol. The first-order valence-electron chi connectivity index (χ1n) is 4.80. The minimum atomic E-state index is -4.58. The molecule has 1 aromatic carbocycles. The zero-order valence-corrected chi connectivity index (χ0v) is 11.1. The first-order valence-corrected chi connectivity index (χ1v) is 6.15. The molecule has 1 rings (SSSR count). The topological polar surface area (TPSA) is 50.1 Å². The van der Waals surface area contributed by atoms with Gasteiger partial charge in [0.2, 0.25) is 0 Å². The van der Waals surface area contributed by atoms with Crippen LogP contribution in [0.15, 0.2) is 17.0 Å². The zero-order valence-electron chi connectivity index (χ0n) is 9.55. The van der Waals surface area contributed by atoms with E-state index in [4.69, 9.17) is 16.9 Å². The van der Waals surface area contributed by atoms with Crippen LogP contribution in [0.25, 0.3) is 0 Å². The summed E-state index contributed by atoms with van der Waals surface area (Å²) in [7, 11) is 1.08. The number of hydrogen-bond donors (Lipinski definition) is 0. The fraction of sp³-hybridized carbons (Fsp3) is 0.273. The van der Waals surface area contributed by atoms with E-state index in [1.165, 1.54) is 12.1 Å². The maximum Gasteiger partial charge on any atom is 0.446 e. The van der Waals surface area contributed by atoms with Gasteiger partial charge in [0.25, 0.3) is 0 Å². The van der Waals surface area contributed by atoms with Gasteiger partial charge in [-0.2, -0.15) is 18.4 Å². The van der Waals surface area contributed by atoms with Crippen LogP contribution in [0.4, 0.5) is 13.2 Å². The van der Waals surface area contributed by atoms with E-state index >= 15 is 0 Å². The van der Waals surface area contributed by atoms with E-state index in [0.717, 1.165) is 7.11 Å². The van der Waals surface area contributed by atoms with E-state index in [1.807, 2.05) is 0 Å². The van der Waals surface area contributed by atoms with E-state index in [1.54, 1.807) is 6.07 Å². The zero-order chi connectivity index (χ0) is 14.6. The van der Waals surface area contributed by atoms with Gasteiger partial charge in [0.15, 0.2) is 0 Å². The van der Waals surface area contributed by atoms with Crippen molar-refractivity contribution in [2.45, 2.75) is 16.3 Å². The molecule has 0 N–H and O–H groups in total. The van der Waals surface area contributed by atoms with Crippen LogP contribution in [0.2, 0.25) is 0 Å². The predicted octanol–water partition coefficient (Wildman–Crippen LogP) is 3.70. The van der Waals surface area contributed by atoms with Crippen LogP contribution < -0.4 is 0 Å². The average Bonchev–Trinajstić information content (AvgIpc) is 2.35. The molecule has 0 saturated heterocycles. The number of alkyl halides is 4. The molecule has 0 atom stereocenters. The van der Waals surface area contributed by atoms with Crippen LogP contribution in [0.3, 0.4) is 0 Å². The molecule has 0 saturated carbocycles. The highest BCUT2D eigenvalue weighted by Gasteiger charge is 2.33. The number of nitrogens with zero attached hydrogens (tertiary/aromatic N) is 1. The van der Waals surface area contributed by atoms with E-state index < -0.39 is 23.2 Å². The maximum absolute atomic E-state index is 12.5. The molecule has 0 bridgehead atoms. The molecular weight excluding hydrogens is 303 g/mol. The first kappa shape index (κ1) is 15.7. The van der Waals surface area contributed by atoms with Crippen molar-refractivity contribution in [1.82, 2.24) is 0 Å². The van der Waals surface area contributed by atoms with E-state index in [9.17, 15) is 18.0 Å². The Bertz CT molecular complexity index is 540. The number of carbonyl (C=O) groups excluding carboxylic acids is 1. The number of esters is 1. The van der Waals surface area contributed by atoms with Gasteiger partial charge in [0.05, 0.1) is 18.2 Å². The first-order chi connectivity index (χ1) is 8.84. The lowest BCUT2D eigenvalue weighted by atomic mass is 10.1. The number of benzene rings is 1. The molecule has 19 heavy (non-hydrogen) atoms. The SMILES string of the molecule is COC(=O)c1ccc(CCl)c(SC(F)(F)F)c1C#N. The third-order valence-electron chi connectivity index (χ3n) is 2.12. The number of ether oxygens (including phenoxy) is 1. The van der Waals surface area contributed by atoms with E-state index in [2.05, 4.69) is 4.74 Å². The lowest BCUT2D eigenvalue weighted by Crippen LogP contribution is -2.09. The molecule has 1 aromatic rings. The Kier molecular flexibility index (Phi) is 5.09. The van der Waals surface area contributed by atoms with Crippen molar-refractivity contribution < 1.29 is 22.7 Å². The highest BCUT2D eigenvalue weighted by Crippen LogP contribution is 2.41. The number of nitriles is 1. The summed E-state index contributed by atoms with van der Waals surface area (Å²) in [6, 6.07) is 4.09. The Labute approximate surface area is 116 Å². The van der Waals surface area contributed by atoms with Crippen molar-refractivity contribution in [3.63, 3.8) is 0 Å². The Hall–Kier alpha value is -1.39. The van der Waals surface area contributed by atoms with E-state index in [-0.39, 0.29) is 27.5 Å². The number of methoxy groups -OCH3 is 1. The molecule has 0 aromatic heterocycles. The molecule has 102 valence electrons. The van der Waals surface area contributed by atoms with Crippen LogP contribution in [0, 0.1) is 11.3 Å². The van der Waals surface area contributed by atoms with Crippen molar-refractivity contribution in [3.05, 3.63) is 28.8 Å². The molecule has 0 radical (unpaired) electrons. The Morgan fingerprint density at radius 2 is 2.16 bits per heavy atom. The summed E-state index contributed by atoms with van der Waals surface area (Å²) in [5, 5.41) is 8.98. The summed E-state index contributed by atoms with van der Waals surface area (Å²) in [6.45, 7) is 0. The van der Waals surface area contributed by atoms with Crippen LogP contribution in [-0.4, -0.2) is 18.6 Å². The molecule has 0 aliphatic carbocycles. The molecule has 0 aliphatic heterocycles. The number of carbonyl (C=O) groups is 1. The van der Waals surface area contributed by atoms with Crippen molar-refractivity contribution >= 4 is 29.3 Å². The second-order valence-corrected chi connectivity index (χ2v) is 4.60. The monoisotopic (exact) mass is 309 g/mol. The third-order valence-corrected chi connectivity index (χ3v) is 3.31. The molecule has 0 aliphatic rings. The summed E-state index contributed by atoms with van der Waals surface area (Å²) in [5.74, 6) is -1.07. The lowest BCUT2D eigenvalue weighted by Gasteiger charge is -2.13. The number of rotatable bonds is 3. The van der Waals surface area contributed by atoms with Crippen molar-refractivity contribution in [2.75, 3.05) is 7.11 Å². The van der Waals surface area contributed by atoms with Gasteiger partial charge >= 0.3 is 11.5 Å². The summed E-state index contributed by atoms with van der Waals surface area (Å²) in [6.07, 6.45) is 0. The van der Waals surface area contributed by atoms with Crippen molar-refractivity contribution in [1.29, 1.82) is 5.26 Å². The fourth-order valence-electron chi connectivity index (χ4n) is 1.35. The summed E-state index contributed by atoms with van der Waals surface area (Å²) >= 11 is 5.08. The van der Waals surface area contributed by atoms with Crippen LogP contribution in [0.5, 0.6) is 0 Å². The standard InChI is InChI=1S/C11H7ClF3NO2S/c1-18-10(17)7-3-2-6(4-12)9(8(7)5-16)19-11(13,14)15/h2-3H,4H2,1H3. The van der Waals surface area contributed by atoms with Gasteiger partial charge in [-0.15, -0.1) is 11.6 Å². The average molecular weight is 310 g/mol. The van der Waals surface area contributed by atoms with Crippen molar-refractivity contribution in [2.24, 2.45) is 0 Å². The molecule has 0 unspecified atom stereocenters. The van der Waals surface area contributed by atoms with Crippen molar-refractivity contribution in [3.8, 4) is 6.07 Å². The van der Waals surface area contributed by atoms with Gasteiger partial charge in [-0.3, -0.25) is 0 Å². The minimum absolute atomic E-state index is 0.133. The van der Waals surface area contributed by atoms with Gasteiger partial charge < -0.3 is 4.74 Å². The molecule has 0 heterocycles. The second kappa shape index (κ2) is 6.17. The van der Waals surface area contributed by atoms with E-state index in [0.29, 0.717) is 0 Å². The third kappa shape index (κ3) is 3.78. The van der Waals surface area contributed by atoms with Gasteiger partial charge in [0.1, 0.15) is 6.07 Å². The number of hydrogen-bond acceptors (Lipinski definition) is 4. The van der Waals surface area contributed by atoms with Crippen LogP contribution in [0.1, 0.15) is 21.5 Å². The summed E-state index contributed by atoms with van der Waals surface area (Å²) in [5.41, 5.74) is -5.05. The molecule has 0 spiro atoms. The largest absolute Gasteiger partial charge is 0.465 e. The molecule has 3 nitrogen and oxygen atoms in total. The fourth-order valence-corrected chi connectivity index (χ4v) is 2.42. The minimum Gasteiger partial charge on any atom is -0.465 e. The van der Waals surface area contributed by atoms with Crippen LogP contribution >= 0.6 is 23.4 Å².